The van der Waals surface area contributed by atoms with Crippen LogP contribution in [0.15, 0.2) is 5.38 Å². The molecule has 0 amide bonds. The van der Waals surface area contributed by atoms with Crippen LogP contribution in [0.3, 0.4) is 0 Å². The summed E-state index contributed by atoms with van der Waals surface area (Å²) >= 11 is 1.83. The molecule has 3 nitrogen and oxygen atoms in total. The Morgan fingerprint density at radius 2 is 2.24 bits per heavy atom. The predicted octanol–water partition coefficient (Wildman–Crippen LogP) is 1.93. The van der Waals surface area contributed by atoms with Gasteiger partial charge in [0.1, 0.15) is 0 Å². The first-order valence-corrected chi connectivity index (χ1v) is 7.55. The maximum absolute atomic E-state index is 4.71. The lowest BCUT2D eigenvalue weighted by Gasteiger charge is -2.32. The molecule has 0 radical (unpaired) electrons. The minimum absolute atomic E-state index is 0.623. The molecule has 0 saturated carbocycles. The van der Waals surface area contributed by atoms with Gasteiger partial charge in [-0.2, -0.15) is 0 Å². The molecule has 1 aromatic heterocycles. The molecule has 1 fully saturated rings. The van der Waals surface area contributed by atoms with Crippen LogP contribution in [0.5, 0.6) is 0 Å². The van der Waals surface area contributed by atoms with Crippen molar-refractivity contribution in [3.63, 3.8) is 0 Å². The molecule has 2 rings (SSSR count). The van der Waals surface area contributed by atoms with Crippen molar-refractivity contribution in [2.24, 2.45) is 0 Å². The number of hydrogen-bond acceptors (Lipinski definition) is 4. The molecule has 1 atom stereocenters. The fourth-order valence-electron chi connectivity index (χ4n) is 2.32. The van der Waals surface area contributed by atoms with Gasteiger partial charge >= 0.3 is 0 Å². The zero-order valence-electron chi connectivity index (χ0n) is 10.9. The van der Waals surface area contributed by atoms with E-state index >= 15 is 0 Å². The van der Waals surface area contributed by atoms with Crippen molar-refractivity contribution >= 4 is 11.3 Å². The highest BCUT2D eigenvalue weighted by molar-refractivity contribution is 7.09. The highest BCUT2D eigenvalue weighted by Crippen LogP contribution is 2.15. The molecule has 96 valence electrons. The van der Waals surface area contributed by atoms with Crippen LogP contribution < -0.4 is 5.32 Å². The monoisotopic (exact) mass is 253 g/mol. The van der Waals surface area contributed by atoms with Gasteiger partial charge < -0.3 is 5.32 Å². The van der Waals surface area contributed by atoms with E-state index < -0.39 is 0 Å². The van der Waals surface area contributed by atoms with Gasteiger partial charge in [-0.3, -0.25) is 4.90 Å². The summed E-state index contributed by atoms with van der Waals surface area (Å²) in [7, 11) is 0. The molecule has 1 unspecified atom stereocenters. The largest absolute Gasteiger partial charge is 0.314 e. The van der Waals surface area contributed by atoms with Crippen molar-refractivity contribution in [3.8, 4) is 0 Å². The predicted molar refractivity (Wildman–Crippen MR) is 73.7 cm³/mol. The molecule has 1 saturated heterocycles. The zero-order valence-corrected chi connectivity index (χ0v) is 11.7. The van der Waals surface area contributed by atoms with E-state index in [1.807, 2.05) is 11.3 Å². The minimum atomic E-state index is 0.623. The van der Waals surface area contributed by atoms with Gasteiger partial charge in [-0.25, -0.2) is 4.98 Å². The second-order valence-corrected chi connectivity index (χ2v) is 5.76. The molecule has 17 heavy (non-hydrogen) atoms. The topological polar surface area (TPSA) is 28.2 Å². The second-order valence-electron chi connectivity index (χ2n) is 4.82. The van der Waals surface area contributed by atoms with E-state index in [0.717, 1.165) is 25.9 Å². The van der Waals surface area contributed by atoms with Crippen LogP contribution in [0.1, 0.15) is 31.0 Å². The van der Waals surface area contributed by atoms with Gasteiger partial charge in [-0.05, 0) is 13.3 Å². The van der Waals surface area contributed by atoms with E-state index in [0.29, 0.717) is 6.04 Å². The van der Waals surface area contributed by atoms with E-state index in [2.05, 4.69) is 29.4 Å². The number of nitrogens with zero attached hydrogens (tertiary/aromatic N) is 2. The Labute approximate surface area is 108 Å². The number of aromatic nitrogens is 1. The fourth-order valence-corrected chi connectivity index (χ4v) is 3.27. The lowest BCUT2D eigenvalue weighted by atomic mass is 10.2. The lowest BCUT2D eigenvalue weighted by molar-refractivity contribution is 0.183. The quantitative estimate of drug-likeness (QED) is 0.869. The van der Waals surface area contributed by atoms with E-state index in [1.54, 1.807) is 0 Å². The first kappa shape index (κ1) is 13.0. The summed E-state index contributed by atoms with van der Waals surface area (Å²) < 4.78 is 0. The maximum atomic E-state index is 4.71. The summed E-state index contributed by atoms with van der Waals surface area (Å²) in [4.78, 5) is 7.28. The molecule has 4 heteroatoms. The van der Waals surface area contributed by atoms with Crippen LogP contribution in [-0.2, 0) is 12.8 Å². The number of nitrogens with one attached hydrogen (secondary N) is 1. The van der Waals surface area contributed by atoms with Crippen LogP contribution in [0.2, 0.25) is 0 Å². The highest BCUT2D eigenvalue weighted by atomic mass is 32.1. The molecule has 1 aliphatic rings. The third kappa shape index (κ3) is 3.76. The van der Waals surface area contributed by atoms with E-state index in [9.17, 15) is 0 Å². The summed E-state index contributed by atoms with van der Waals surface area (Å²) in [5.41, 5.74) is 1.28. The van der Waals surface area contributed by atoms with Crippen molar-refractivity contribution in [1.29, 1.82) is 0 Å². The molecule has 0 bridgehead atoms. The molecule has 0 spiro atoms. The van der Waals surface area contributed by atoms with Crippen LogP contribution in [0.4, 0.5) is 0 Å². The van der Waals surface area contributed by atoms with Crippen molar-refractivity contribution < 1.29 is 0 Å². The van der Waals surface area contributed by atoms with Crippen molar-refractivity contribution in [1.82, 2.24) is 15.2 Å². The number of aryl methyl sites for hydroxylation is 1. The average Bonchev–Trinajstić information content (AvgIpc) is 2.78. The van der Waals surface area contributed by atoms with Crippen molar-refractivity contribution in [2.45, 2.75) is 39.2 Å². The van der Waals surface area contributed by atoms with Crippen LogP contribution in [0, 0.1) is 0 Å². The molecular weight excluding hydrogens is 230 g/mol. The number of hydrogen-bond donors (Lipinski definition) is 1. The first-order chi connectivity index (χ1) is 8.29. The van der Waals surface area contributed by atoms with Gasteiger partial charge in [0.25, 0.3) is 0 Å². The number of piperazine rings is 1. The Bertz CT molecular complexity index is 331. The average molecular weight is 253 g/mol. The minimum Gasteiger partial charge on any atom is -0.314 e. The van der Waals surface area contributed by atoms with E-state index in [1.165, 1.54) is 30.2 Å². The maximum Gasteiger partial charge on any atom is 0.0943 e. The number of rotatable bonds is 5. The van der Waals surface area contributed by atoms with Gasteiger partial charge in [-0.15, -0.1) is 11.3 Å². The lowest BCUT2D eigenvalue weighted by Crippen LogP contribution is -2.48. The summed E-state index contributed by atoms with van der Waals surface area (Å²) in [6.45, 7) is 9.14. The molecule has 1 aromatic rings. The smallest absolute Gasteiger partial charge is 0.0943 e. The Kier molecular flexibility index (Phi) is 4.95. The molecule has 1 N–H and O–H groups in total. The van der Waals surface area contributed by atoms with Gasteiger partial charge in [0.15, 0.2) is 0 Å². The molecule has 2 heterocycles. The summed E-state index contributed by atoms with van der Waals surface area (Å²) in [6.07, 6.45) is 3.42. The summed E-state index contributed by atoms with van der Waals surface area (Å²) in [6, 6.07) is 0.623. The third-order valence-corrected chi connectivity index (χ3v) is 4.27. The summed E-state index contributed by atoms with van der Waals surface area (Å²) in [5.74, 6) is 0. The van der Waals surface area contributed by atoms with Gasteiger partial charge in [-0.1, -0.05) is 13.3 Å². The zero-order chi connectivity index (χ0) is 12.1. The van der Waals surface area contributed by atoms with Gasteiger partial charge in [0, 0.05) is 44.0 Å². The standard InChI is InChI=1S/C13H23N3S/c1-3-4-12-10-17-13(15-12)9-11(2)16-7-5-14-6-8-16/h10-11,14H,3-9H2,1-2H3. The van der Waals surface area contributed by atoms with Crippen LogP contribution in [0.25, 0.3) is 0 Å². The first-order valence-electron chi connectivity index (χ1n) is 6.67. The normalized spacial score (nSPS) is 19.4. The van der Waals surface area contributed by atoms with E-state index in [4.69, 9.17) is 4.98 Å². The highest BCUT2D eigenvalue weighted by Gasteiger charge is 2.17. The molecule has 0 aromatic carbocycles. The van der Waals surface area contributed by atoms with Crippen molar-refractivity contribution in [2.75, 3.05) is 26.2 Å². The molecular formula is C13H23N3S. The Morgan fingerprint density at radius 1 is 1.47 bits per heavy atom. The number of thiazole rings is 1. The van der Waals surface area contributed by atoms with E-state index in [-0.39, 0.29) is 0 Å². The Balaban J connectivity index is 1.85. The van der Waals surface area contributed by atoms with Crippen LogP contribution in [-0.4, -0.2) is 42.1 Å². The SMILES string of the molecule is CCCc1csc(CC(C)N2CCNCC2)n1. The Hall–Kier alpha value is -0.450. The van der Waals surface area contributed by atoms with Gasteiger partial charge in [0.2, 0.25) is 0 Å². The van der Waals surface area contributed by atoms with Crippen molar-refractivity contribution in [3.05, 3.63) is 16.1 Å². The molecule has 0 aliphatic carbocycles. The van der Waals surface area contributed by atoms with Gasteiger partial charge in [0.05, 0.1) is 10.7 Å². The Morgan fingerprint density at radius 3 is 2.94 bits per heavy atom. The van der Waals surface area contributed by atoms with Crippen LogP contribution >= 0.6 is 11.3 Å². The third-order valence-electron chi connectivity index (χ3n) is 3.35. The molecule has 1 aliphatic heterocycles. The second kappa shape index (κ2) is 6.47. The fraction of sp³-hybridized carbons (Fsp3) is 0.769. The summed E-state index contributed by atoms with van der Waals surface area (Å²) in [5, 5.41) is 6.93.